The highest BCUT2D eigenvalue weighted by molar-refractivity contribution is 7.14. The van der Waals surface area contributed by atoms with E-state index in [9.17, 15) is 4.79 Å². The SMILES string of the molecule is CN(C)NC(=O)Nc1ccc2nc(-c3cccs3)c(-c3cccs3)nc2c1. The van der Waals surface area contributed by atoms with Crippen LogP contribution in [0.2, 0.25) is 0 Å². The Kier molecular flexibility index (Phi) is 4.85. The smallest absolute Gasteiger partial charge is 0.307 e. The number of urea groups is 1. The molecule has 0 aliphatic carbocycles. The maximum atomic E-state index is 11.9. The topological polar surface area (TPSA) is 70.2 Å². The van der Waals surface area contributed by atoms with E-state index in [1.165, 1.54) is 0 Å². The third-order valence-electron chi connectivity index (χ3n) is 3.76. The monoisotopic (exact) mass is 395 g/mol. The molecule has 2 N–H and O–H groups in total. The van der Waals surface area contributed by atoms with Gasteiger partial charge in [-0.15, -0.1) is 22.7 Å². The fourth-order valence-electron chi connectivity index (χ4n) is 2.66. The minimum Gasteiger partial charge on any atom is -0.307 e. The first-order valence-corrected chi connectivity index (χ1v) is 10.0. The minimum absolute atomic E-state index is 0.305. The van der Waals surface area contributed by atoms with Gasteiger partial charge in [0.1, 0.15) is 11.4 Å². The summed E-state index contributed by atoms with van der Waals surface area (Å²) in [6, 6.07) is 13.4. The molecule has 0 unspecified atom stereocenters. The zero-order chi connectivity index (χ0) is 18.8. The van der Waals surface area contributed by atoms with E-state index >= 15 is 0 Å². The van der Waals surface area contributed by atoms with Gasteiger partial charge in [-0.25, -0.2) is 19.8 Å². The Hall–Kier alpha value is -2.81. The Morgan fingerprint density at radius 3 is 2.11 bits per heavy atom. The Balaban J connectivity index is 1.78. The van der Waals surface area contributed by atoms with Crippen molar-refractivity contribution in [2.75, 3.05) is 19.4 Å². The van der Waals surface area contributed by atoms with Gasteiger partial charge in [0.2, 0.25) is 0 Å². The van der Waals surface area contributed by atoms with E-state index in [4.69, 9.17) is 9.97 Å². The molecule has 0 aliphatic heterocycles. The Morgan fingerprint density at radius 1 is 0.926 bits per heavy atom. The highest BCUT2D eigenvalue weighted by Gasteiger charge is 2.15. The molecule has 2 amide bonds. The van der Waals surface area contributed by atoms with Crippen LogP contribution in [0.1, 0.15) is 0 Å². The molecule has 27 heavy (non-hydrogen) atoms. The second-order valence-electron chi connectivity index (χ2n) is 6.04. The van der Waals surface area contributed by atoms with Gasteiger partial charge in [-0.1, -0.05) is 12.1 Å². The standard InChI is InChI=1S/C19H17N5OS2/c1-24(2)23-19(25)20-12-7-8-13-14(11-12)22-18(16-6-4-10-27-16)17(21-13)15-5-3-9-26-15/h3-11H,1-2H3,(H2,20,23,25). The molecule has 8 heteroatoms. The number of hydrogen-bond acceptors (Lipinski definition) is 6. The van der Waals surface area contributed by atoms with Gasteiger partial charge in [0.15, 0.2) is 0 Å². The van der Waals surface area contributed by atoms with E-state index < -0.39 is 0 Å². The van der Waals surface area contributed by atoms with Crippen LogP contribution in [0.15, 0.2) is 53.2 Å². The molecule has 136 valence electrons. The molecule has 0 fully saturated rings. The number of nitrogens with zero attached hydrogens (tertiary/aromatic N) is 3. The highest BCUT2D eigenvalue weighted by atomic mass is 32.1. The number of hydrogen-bond donors (Lipinski definition) is 2. The quantitative estimate of drug-likeness (QED) is 0.492. The molecule has 0 aliphatic rings. The second-order valence-corrected chi connectivity index (χ2v) is 7.93. The van der Waals surface area contributed by atoms with Crippen LogP contribution < -0.4 is 10.7 Å². The zero-order valence-corrected chi connectivity index (χ0v) is 16.4. The van der Waals surface area contributed by atoms with E-state index in [2.05, 4.69) is 16.8 Å². The van der Waals surface area contributed by atoms with Crippen LogP contribution in [-0.2, 0) is 0 Å². The third-order valence-corrected chi connectivity index (χ3v) is 5.51. The summed E-state index contributed by atoms with van der Waals surface area (Å²) in [5.41, 5.74) is 6.58. The fourth-order valence-corrected chi connectivity index (χ4v) is 4.09. The predicted octanol–water partition coefficient (Wildman–Crippen LogP) is 4.68. The van der Waals surface area contributed by atoms with Gasteiger partial charge >= 0.3 is 6.03 Å². The van der Waals surface area contributed by atoms with E-state index in [0.717, 1.165) is 32.2 Å². The molecular formula is C19H17N5OS2. The summed E-state index contributed by atoms with van der Waals surface area (Å²) in [6.07, 6.45) is 0. The molecule has 3 aromatic heterocycles. The van der Waals surface area contributed by atoms with Gasteiger partial charge in [-0.05, 0) is 41.1 Å². The molecule has 0 spiro atoms. The van der Waals surface area contributed by atoms with Crippen LogP contribution in [0, 0.1) is 0 Å². The lowest BCUT2D eigenvalue weighted by Crippen LogP contribution is -2.39. The summed E-state index contributed by atoms with van der Waals surface area (Å²) < 4.78 is 0. The number of hydrazine groups is 1. The first-order chi connectivity index (χ1) is 13.1. The van der Waals surface area contributed by atoms with Crippen molar-refractivity contribution in [3.63, 3.8) is 0 Å². The van der Waals surface area contributed by atoms with Gasteiger partial charge in [0.25, 0.3) is 0 Å². The number of thiophene rings is 2. The maximum absolute atomic E-state index is 11.9. The highest BCUT2D eigenvalue weighted by Crippen LogP contribution is 2.35. The van der Waals surface area contributed by atoms with Gasteiger partial charge in [0, 0.05) is 19.8 Å². The number of amides is 2. The molecule has 0 saturated heterocycles. The number of carbonyl (C=O) groups is 1. The summed E-state index contributed by atoms with van der Waals surface area (Å²) in [7, 11) is 3.51. The summed E-state index contributed by atoms with van der Waals surface area (Å²) in [5.74, 6) is 0. The first kappa shape index (κ1) is 17.6. The van der Waals surface area contributed by atoms with E-state index in [-0.39, 0.29) is 6.03 Å². The van der Waals surface area contributed by atoms with Gasteiger partial charge in [0.05, 0.1) is 20.8 Å². The number of rotatable bonds is 4. The van der Waals surface area contributed by atoms with Crippen molar-refractivity contribution in [2.45, 2.75) is 0 Å². The van der Waals surface area contributed by atoms with E-state index in [0.29, 0.717) is 5.69 Å². The van der Waals surface area contributed by atoms with Gasteiger partial charge in [-0.3, -0.25) is 5.43 Å². The lowest BCUT2D eigenvalue weighted by atomic mass is 10.2. The molecule has 1 aromatic carbocycles. The Morgan fingerprint density at radius 2 is 1.56 bits per heavy atom. The summed E-state index contributed by atoms with van der Waals surface area (Å²) in [4.78, 5) is 23.8. The molecule has 0 atom stereocenters. The first-order valence-electron chi connectivity index (χ1n) is 8.24. The number of anilines is 1. The van der Waals surface area contributed by atoms with Gasteiger partial charge < -0.3 is 5.32 Å². The Bertz CT molecular complexity index is 1080. The Labute approximate surface area is 164 Å². The molecule has 0 saturated carbocycles. The molecule has 0 radical (unpaired) electrons. The number of carbonyl (C=O) groups excluding carboxylic acids is 1. The number of aromatic nitrogens is 2. The van der Waals surface area contributed by atoms with Crippen LogP contribution in [0.4, 0.5) is 10.5 Å². The number of fused-ring (bicyclic) bond motifs is 1. The number of nitrogens with one attached hydrogen (secondary N) is 2. The molecule has 6 nitrogen and oxygen atoms in total. The minimum atomic E-state index is -0.305. The second kappa shape index (κ2) is 7.43. The summed E-state index contributed by atoms with van der Waals surface area (Å²) in [5, 5.41) is 8.46. The zero-order valence-electron chi connectivity index (χ0n) is 14.8. The van der Waals surface area contributed by atoms with E-state index in [1.54, 1.807) is 41.8 Å². The van der Waals surface area contributed by atoms with Crippen molar-refractivity contribution < 1.29 is 4.79 Å². The maximum Gasteiger partial charge on any atom is 0.333 e. The van der Waals surface area contributed by atoms with Crippen molar-refractivity contribution in [1.82, 2.24) is 20.4 Å². The average Bonchev–Trinajstić information content (AvgIpc) is 3.33. The van der Waals surface area contributed by atoms with Crippen LogP contribution in [0.3, 0.4) is 0 Å². The van der Waals surface area contributed by atoms with Crippen LogP contribution in [-0.4, -0.2) is 35.1 Å². The van der Waals surface area contributed by atoms with Crippen LogP contribution in [0.25, 0.3) is 32.2 Å². The molecule has 3 heterocycles. The summed E-state index contributed by atoms with van der Waals surface area (Å²) in [6.45, 7) is 0. The fraction of sp³-hybridized carbons (Fsp3) is 0.105. The van der Waals surface area contributed by atoms with Crippen molar-refractivity contribution in [3.8, 4) is 21.1 Å². The van der Waals surface area contributed by atoms with Crippen molar-refractivity contribution in [2.24, 2.45) is 0 Å². The normalized spacial score (nSPS) is 11.1. The molecule has 0 bridgehead atoms. The predicted molar refractivity (Wildman–Crippen MR) is 112 cm³/mol. The van der Waals surface area contributed by atoms with Crippen molar-refractivity contribution in [3.05, 3.63) is 53.2 Å². The molecule has 4 rings (SSSR count). The lowest BCUT2D eigenvalue weighted by molar-refractivity contribution is 0.224. The molecule has 4 aromatic rings. The lowest BCUT2D eigenvalue weighted by Gasteiger charge is -2.13. The van der Waals surface area contributed by atoms with Crippen molar-refractivity contribution >= 4 is 45.4 Å². The van der Waals surface area contributed by atoms with Crippen LogP contribution >= 0.6 is 22.7 Å². The molecular weight excluding hydrogens is 378 g/mol. The van der Waals surface area contributed by atoms with Crippen molar-refractivity contribution in [1.29, 1.82) is 0 Å². The summed E-state index contributed by atoms with van der Waals surface area (Å²) >= 11 is 3.28. The van der Waals surface area contributed by atoms with Crippen LogP contribution in [0.5, 0.6) is 0 Å². The average molecular weight is 396 g/mol. The van der Waals surface area contributed by atoms with E-state index in [1.807, 2.05) is 47.2 Å². The third kappa shape index (κ3) is 3.82. The number of benzene rings is 1. The largest absolute Gasteiger partial charge is 0.333 e. The van der Waals surface area contributed by atoms with Gasteiger partial charge in [-0.2, -0.15) is 0 Å².